The van der Waals surface area contributed by atoms with E-state index in [1.165, 1.54) is 45.0 Å². The summed E-state index contributed by atoms with van der Waals surface area (Å²) in [6.45, 7) is 6.43. The molecule has 192 valence electrons. The van der Waals surface area contributed by atoms with E-state index in [9.17, 15) is 23.6 Å². The Bertz CT molecular complexity index is 959. The van der Waals surface area contributed by atoms with E-state index in [1.807, 2.05) is 0 Å². The summed E-state index contributed by atoms with van der Waals surface area (Å²) < 4.78 is 46.2. The Kier molecular flexibility index (Phi) is 10.2. The molecule has 0 N–H and O–H groups in total. The van der Waals surface area contributed by atoms with Gasteiger partial charge in [0.05, 0.1) is 12.5 Å². The second kappa shape index (κ2) is 12.8. The van der Waals surface area contributed by atoms with E-state index in [0.29, 0.717) is 5.56 Å². The number of halogens is 1. The van der Waals surface area contributed by atoms with Gasteiger partial charge in [-0.05, 0) is 30.7 Å². The summed E-state index contributed by atoms with van der Waals surface area (Å²) in [5.74, 6) is -4.37. The molecule has 10 nitrogen and oxygen atoms in total. The van der Waals surface area contributed by atoms with E-state index >= 15 is 0 Å². The minimum atomic E-state index is -1.23. The van der Waals surface area contributed by atoms with Gasteiger partial charge < -0.3 is 28.4 Å². The Morgan fingerprint density at radius 1 is 0.971 bits per heavy atom. The van der Waals surface area contributed by atoms with Gasteiger partial charge in [-0.2, -0.15) is 0 Å². The van der Waals surface area contributed by atoms with Crippen molar-refractivity contribution in [2.75, 3.05) is 13.2 Å². The molecule has 11 heteroatoms. The molecule has 0 bridgehead atoms. The first-order valence-corrected chi connectivity index (χ1v) is 11.0. The Morgan fingerprint density at radius 2 is 1.63 bits per heavy atom. The molecule has 2 rings (SSSR count). The first kappa shape index (κ1) is 27.8. The molecule has 0 aliphatic carbocycles. The van der Waals surface area contributed by atoms with Crippen LogP contribution in [0, 0.1) is 11.7 Å². The highest BCUT2D eigenvalue weighted by Crippen LogP contribution is 2.33. The number of rotatable bonds is 9. The molecule has 1 heterocycles. The second-order valence-corrected chi connectivity index (χ2v) is 7.75. The fourth-order valence-electron chi connectivity index (χ4n) is 3.42. The number of carbonyl (C=O) groups excluding carboxylic acids is 4. The van der Waals surface area contributed by atoms with Gasteiger partial charge in [0.15, 0.2) is 6.10 Å². The molecule has 1 aliphatic rings. The van der Waals surface area contributed by atoms with Crippen LogP contribution in [0.4, 0.5) is 4.39 Å². The van der Waals surface area contributed by atoms with Crippen molar-refractivity contribution in [2.24, 2.45) is 5.92 Å². The molecule has 1 aliphatic heterocycles. The van der Waals surface area contributed by atoms with Crippen LogP contribution in [0.1, 0.15) is 40.2 Å². The van der Waals surface area contributed by atoms with Crippen LogP contribution in [-0.4, -0.2) is 61.7 Å². The van der Waals surface area contributed by atoms with Crippen LogP contribution in [0.5, 0.6) is 0 Å². The minimum absolute atomic E-state index is 0.0451. The Labute approximate surface area is 202 Å². The normalized spacial score (nSPS) is 24.2. The number of esters is 4. The van der Waals surface area contributed by atoms with Crippen LogP contribution in [-0.2, 0) is 47.6 Å². The van der Waals surface area contributed by atoms with Crippen LogP contribution in [0.15, 0.2) is 30.0 Å². The van der Waals surface area contributed by atoms with Crippen molar-refractivity contribution in [1.29, 1.82) is 0 Å². The molecule has 35 heavy (non-hydrogen) atoms. The number of benzene rings is 1. The number of ether oxygens (including phenoxy) is 6. The molecule has 5 atom stereocenters. The quantitative estimate of drug-likeness (QED) is 0.218. The first-order chi connectivity index (χ1) is 16.5. The van der Waals surface area contributed by atoms with Gasteiger partial charge in [0, 0.05) is 20.8 Å². The zero-order valence-electron chi connectivity index (χ0n) is 20.1. The molecule has 1 fully saturated rings. The molecule has 0 radical (unpaired) electrons. The molecule has 0 saturated carbocycles. The summed E-state index contributed by atoms with van der Waals surface area (Å²) in [5.41, 5.74) is 0.322. The molecule has 1 saturated heterocycles. The summed E-state index contributed by atoms with van der Waals surface area (Å²) in [4.78, 5) is 47.5. The van der Waals surface area contributed by atoms with Crippen LogP contribution >= 0.6 is 0 Å². The zero-order valence-corrected chi connectivity index (χ0v) is 20.1. The lowest BCUT2D eigenvalue weighted by Crippen LogP contribution is -2.58. The Hall–Kier alpha value is -3.47. The van der Waals surface area contributed by atoms with Crippen molar-refractivity contribution >= 4 is 30.0 Å². The van der Waals surface area contributed by atoms with E-state index in [0.717, 1.165) is 0 Å². The summed E-state index contributed by atoms with van der Waals surface area (Å²) in [6, 6.07) is 5.45. The minimum Gasteiger partial charge on any atom is -0.463 e. The van der Waals surface area contributed by atoms with Gasteiger partial charge in [-0.15, -0.1) is 0 Å². The van der Waals surface area contributed by atoms with Crippen LogP contribution in [0.25, 0.3) is 6.08 Å². The summed E-state index contributed by atoms with van der Waals surface area (Å²) in [6.07, 6.45) is -3.23. The fraction of sp³-hybridized carbons (Fsp3) is 0.500. The van der Waals surface area contributed by atoms with Crippen molar-refractivity contribution in [3.05, 3.63) is 41.4 Å². The first-order valence-electron chi connectivity index (χ1n) is 11.0. The third-order valence-corrected chi connectivity index (χ3v) is 4.87. The van der Waals surface area contributed by atoms with Crippen molar-refractivity contribution in [3.8, 4) is 0 Å². The van der Waals surface area contributed by atoms with Gasteiger partial charge in [0.1, 0.15) is 24.6 Å². The highest BCUT2D eigenvalue weighted by molar-refractivity contribution is 5.91. The molecular formula is C24H29FO10. The van der Waals surface area contributed by atoms with Crippen LogP contribution in [0.2, 0.25) is 0 Å². The maximum absolute atomic E-state index is 13.7. The van der Waals surface area contributed by atoms with Crippen LogP contribution < -0.4 is 0 Å². The maximum atomic E-state index is 13.7. The smallest absolute Gasteiger partial charge is 0.373 e. The predicted octanol–water partition coefficient (Wildman–Crippen LogP) is 2.53. The zero-order chi connectivity index (χ0) is 26.1. The number of carbonyl (C=O) groups is 4. The average Bonchev–Trinajstić information content (AvgIpc) is 2.76. The van der Waals surface area contributed by atoms with Crippen LogP contribution in [0.3, 0.4) is 0 Å². The average molecular weight is 496 g/mol. The molecular weight excluding hydrogens is 467 g/mol. The Morgan fingerprint density at radius 3 is 2.20 bits per heavy atom. The second-order valence-electron chi connectivity index (χ2n) is 7.75. The van der Waals surface area contributed by atoms with Gasteiger partial charge in [0.25, 0.3) is 0 Å². The lowest BCUT2D eigenvalue weighted by molar-refractivity contribution is -0.279. The largest absolute Gasteiger partial charge is 0.463 e. The number of hydrogen-bond donors (Lipinski definition) is 0. The predicted molar refractivity (Wildman–Crippen MR) is 118 cm³/mol. The van der Waals surface area contributed by atoms with Crippen molar-refractivity contribution in [2.45, 2.75) is 59.2 Å². The summed E-state index contributed by atoms with van der Waals surface area (Å²) in [7, 11) is 0. The van der Waals surface area contributed by atoms with Crippen molar-refractivity contribution < 1.29 is 52.0 Å². The molecule has 0 unspecified atom stereocenters. The monoisotopic (exact) mass is 496 g/mol. The van der Waals surface area contributed by atoms with Gasteiger partial charge >= 0.3 is 23.9 Å². The van der Waals surface area contributed by atoms with Gasteiger partial charge in [-0.3, -0.25) is 14.4 Å². The molecule has 1 aromatic carbocycles. The SMILES string of the molecule is CCOC(=O)/C(=C/c1cccc(F)c1)O[C@H]1O[C@@H](COC(C)=O)[C@H](OC(C)=O)[C@@H](OC(C)=O)[C@@H]1C. The Balaban J connectivity index is 2.43. The van der Waals surface area contributed by atoms with E-state index in [-0.39, 0.29) is 19.0 Å². The lowest BCUT2D eigenvalue weighted by Gasteiger charge is -2.43. The fourth-order valence-corrected chi connectivity index (χ4v) is 3.42. The highest BCUT2D eigenvalue weighted by atomic mass is 19.1. The van der Waals surface area contributed by atoms with E-state index in [1.54, 1.807) is 19.9 Å². The summed E-state index contributed by atoms with van der Waals surface area (Å²) >= 11 is 0. The van der Waals surface area contributed by atoms with Crippen molar-refractivity contribution in [3.63, 3.8) is 0 Å². The third-order valence-electron chi connectivity index (χ3n) is 4.87. The molecule has 1 aromatic rings. The van der Waals surface area contributed by atoms with Gasteiger partial charge in [0.2, 0.25) is 12.0 Å². The van der Waals surface area contributed by atoms with Gasteiger partial charge in [-0.25, -0.2) is 9.18 Å². The highest BCUT2D eigenvalue weighted by Gasteiger charge is 2.49. The van der Waals surface area contributed by atoms with E-state index < -0.39 is 60.2 Å². The third kappa shape index (κ3) is 8.36. The molecule has 0 amide bonds. The topological polar surface area (TPSA) is 124 Å². The maximum Gasteiger partial charge on any atom is 0.373 e. The standard InChI is InChI=1S/C24H29FO10/c1-6-30-23(29)19(11-17-8-7-9-18(25)10-17)34-24-13(2)21(32-15(4)27)22(33-16(5)28)20(35-24)12-31-14(3)26/h7-11,13,20-22,24H,6,12H2,1-5H3/b19-11-/t13-,20-,21-,22-,24-/m0/s1. The summed E-state index contributed by atoms with van der Waals surface area (Å²) in [5, 5.41) is 0. The lowest BCUT2D eigenvalue weighted by atomic mass is 9.91. The van der Waals surface area contributed by atoms with Gasteiger partial charge in [-0.1, -0.05) is 19.1 Å². The molecule has 0 aromatic heterocycles. The molecule has 0 spiro atoms. The van der Waals surface area contributed by atoms with E-state index in [4.69, 9.17) is 28.4 Å². The van der Waals surface area contributed by atoms with Crippen molar-refractivity contribution in [1.82, 2.24) is 0 Å². The number of hydrogen-bond acceptors (Lipinski definition) is 10. The van der Waals surface area contributed by atoms with E-state index in [2.05, 4.69) is 0 Å².